The van der Waals surface area contributed by atoms with E-state index in [1.807, 2.05) is 11.0 Å². The van der Waals surface area contributed by atoms with Crippen LogP contribution in [-0.2, 0) is 4.74 Å². The minimum Gasteiger partial charge on any atom is -0.380 e. The van der Waals surface area contributed by atoms with Gasteiger partial charge >= 0.3 is 0 Å². The Hall–Kier alpha value is -1.86. The van der Waals surface area contributed by atoms with Crippen molar-refractivity contribution in [1.29, 1.82) is 5.26 Å². The van der Waals surface area contributed by atoms with E-state index in [0.29, 0.717) is 17.7 Å². The first kappa shape index (κ1) is 12.6. The monoisotopic (exact) mass is 244 g/mol. The molecule has 1 fully saturated rings. The third-order valence-electron chi connectivity index (χ3n) is 3.26. The van der Waals surface area contributed by atoms with Crippen LogP contribution in [0.4, 0.5) is 0 Å². The molecule has 1 aromatic carbocycles. The molecule has 0 N–H and O–H groups in total. The van der Waals surface area contributed by atoms with Crippen LogP contribution in [0.3, 0.4) is 0 Å². The fourth-order valence-corrected chi connectivity index (χ4v) is 2.18. The molecule has 1 heterocycles. The van der Waals surface area contributed by atoms with Crippen LogP contribution < -0.4 is 0 Å². The van der Waals surface area contributed by atoms with Crippen LogP contribution in [-0.4, -0.2) is 37.1 Å². The minimum absolute atomic E-state index is 0.0150. The number of likely N-dealkylation sites (tertiary alicyclic amines) is 1. The molecule has 1 unspecified atom stereocenters. The Balaban J connectivity index is 2.08. The first-order chi connectivity index (χ1) is 8.74. The molecule has 18 heavy (non-hydrogen) atoms. The van der Waals surface area contributed by atoms with Crippen LogP contribution in [0, 0.1) is 11.3 Å². The molecule has 4 nitrogen and oxygen atoms in total. The van der Waals surface area contributed by atoms with Crippen molar-refractivity contribution in [3.05, 3.63) is 35.4 Å². The third kappa shape index (κ3) is 2.69. The van der Waals surface area contributed by atoms with Gasteiger partial charge in [0.25, 0.3) is 5.91 Å². The van der Waals surface area contributed by atoms with Gasteiger partial charge in [0.05, 0.1) is 17.7 Å². The molecule has 0 aliphatic carbocycles. The van der Waals surface area contributed by atoms with E-state index in [1.54, 1.807) is 31.4 Å². The number of rotatable bonds is 2. The molecule has 1 aromatic rings. The highest BCUT2D eigenvalue weighted by Gasteiger charge is 2.24. The number of hydrogen-bond acceptors (Lipinski definition) is 3. The number of ether oxygens (including phenoxy) is 1. The molecule has 4 heteroatoms. The van der Waals surface area contributed by atoms with Crippen molar-refractivity contribution in [2.75, 3.05) is 20.2 Å². The van der Waals surface area contributed by atoms with Crippen molar-refractivity contribution in [2.24, 2.45) is 0 Å². The lowest BCUT2D eigenvalue weighted by Gasteiger charge is -2.32. The van der Waals surface area contributed by atoms with E-state index in [9.17, 15) is 4.79 Å². The van der Waals surface area contributed by atoms with Crippen molar-refractivity contribution in [3.8, 4) is 6.07 Å². The number of methoxy groups -OCH3 is 1. The lowest BCUT2D eigenvalue weighted by molar-refractivity contribution is 0.0269. The zero-order chi connectivity index (χ0) is 13.0. The molecule has 94 valence electrons. The highest BCUT2D eigenvalue weighted by atomic mass is 16.5. The molecule has 0 aromatic heterocycles. The number of hydrogen-bond donors (Lipinski definition) is 0. The average molecular weight is 244 g/mol. The first-order valence-corrected chi connectivity index (χ1v) is 6.07. The lowest BCUT2D eigenvalue weighted by Crippen LogP contribution is -2.42. The van der Waals surface area contributed by atoms with Crippen LogP contribution in [0.15, 0.2) is 24.3 Å². The van der Waals surface area contributed by atoms with E-state index in [2.05, 4.69) is 0 Å². The number of carbonyl (C=O) groups excluding carboxylic acids is 1. The largest absolute Gasteiger partial charge is 0.380 e. The molecular formula is C14H16N2O2. The second kappa shape index (κ2) is 5.65. The van der Waals surface area contributed by atoms with Gasteiger partial charge in [-0.2, -0.15) is 5.26 Å². The van der Waals surface area contributed by atoms with Crippen molar-refractivity contribution in [1.82, 2.24) is 4.90 Å². The van der Waals surface area contributed by atoms with Gasteiger partial charge in [0.2, 0.25) is 0 Å². The van der Waals surface area contributed by atoms with E-state index in [1.165, 1.54) is 0 Å². The summed E-state index contributed by atoms with van der Waals surface area (Å²) < 4.78 is 5.31. The van der Waals surface area contributed by atoms with Crippen LogP contribution in [0.1, 0.15) is 28.8 Å². The van der Waals surface area contributed by atoms with E-state index in [-0.39, 0.29) is 12.0 Å². The number of carbonyl (C=O) groups is 1. The quantitative estimate of drug-likeness (QED) is 0.797. The van der Waals surface area contributed by atoms with E-state index in [0.717, 1.165) is 19.4 Å². The van der Waals surface area contributed by atoms with Gasteiger partial charge in [0.15, 0.2) is 0 Å². The zero-order valence-corrected chi connectivity index (χ0v) is 10.4. The fourth-order valence-electron chi connectivity index (χ4n) is 2.18. The van der Waals surface area contributed by atoms with E-state index in [4.69, 9.17) is 10.00 Å². The third-order valence-corrected chi connectivity index (χ3v) is 3.26. The predicted molar refractivity (Wildman–Crippen MR) is 67.1 cm³/mol. The maximum absolute atomic E-state index is 12.2. The molecule has 1 atom stereocenters. The molecule has 0 saturated carbocycles. The van der Waals surface area contributed by atoms with E-state index >= 15 is 0 Å². The molecule has 1 saturated heterocycles. The number of amides is 1. The highest BCUT2D eigenvalue weighted by molar-refractivity contribution is 5.94. The number of benzene rings is 1. The summed E-state index contributed by atoms with van der Waals surface area (Å²) in [5.41, 5.74) is 1.20. The molecular weight excluding hydrogens is 228 g/mol. The normalized spacial score (nSPS) is 19.3. The van der Waals surface area contributed by atoms with Crippen LogP contribution >= 0.6 is 0 Å². The van der Waals surface area contributed by atoms with Crippen LogP contribution in [0.2, 0.25) is 0 Å². The van der Waals surface area contributed by atoms with Crippen molar-refractivity contribution in [3.63, 3.8) is 0 Å². The number of piperidine rings is 1. The zero-order valence-electron chi connectivity index (χ0n) is 10.4. The molecule has 0 radical (unpaired) electrons. The summed E-state index contributed by atoms with van der Waals surface area (Å²) >= 11 is 0. The van der Waals surface area contributed by atoms with Gasteiger partial charge in [-0.3, -0.25) is 4.79 Å². The molecule has 1 amide bonds. The topological polar surface area (TPSA) is 53.3 Å². The SMILES string of the molecule is COC1CCCN(C(=O)c2ccc(C#N)cc2)C1. The molecule has 0 spiro atoms. The Morgan fingerprint density at radius 2 is 2.17 bits per heavy atom. The number of nitrogens with zero attached hydrogens (tertiary/aromatic N) is 2. The summed E-state index contributed by atoms with van der Waals surface area (Å²) in [6.07, 6.45) is 2.12. The standard InChI is InChI=1S/C14H16N2O2/c1-18-13-3-2-8-16(10-13)14(17)12-6-4-11(9-15)5-7-12/h4-7,13H,2-3,8,10H2,1H3. The van der Waals surface area contributed by atoms with E-state index < -0.39 is 0 Å². The summed E-state index contributed by atoms with van der Waals surface area (Å²) in [5, 5.41) is 8.72. The highest BCUT2D eigenvalue weighted by Crippen LogP contribution is 2.15. The second-order valence-corrected chi connectivity index (χ2v) is 4.44. The predicted octanol–water partition coefficient (Wildman–Crippen LogP) is 1.81. The van der Waals surface area contributed by atoms with Gasteiger partial charge in [-0.25, -0.2) is 0 Å². The summed E-state index contributed by atoms with van der Waals surface area (Å²) in [7, 11) is 1.68. The summed E-state index contributed by atoms with van der Waals surface area (Å²) in [6.45, 7) is 1.42. The van der Waals surface area contributed by atoms with Crippen molar-refractivity contribution < 1.29 is 9.53 Å². The maximum Gasteiger partial charge on any atom is 0.253 e. The Morgan fingerprint density at radius 1 is 1.44 bits per heavy atom. The Bertz CT molecular complexity index is 462. The van der Waals surface area contributed by atoms with Gasteiger partial charge in [-0.05, 0) is 37.1 Å². The van der Waals surface area contributed by atoms with Gasteiger partial charge < -0.3 is 9.64 Å². The fraction of sp³-hybridized carbons (Fsp3) is 0.429. The van der Waals surface area contributed by atoms with Crippen molar-refractivity contribution >= 4 is 5.91 Å². The van der Waals surface area contributed by atoms with Gasteiger partial charge in [-0.15, -0.1) is 0 Å². The van der Waals surface area contributed by atoms with Crippen molar-refractivity contribution in [2.45, 2.75) is 18.9 Å². The molecule has 2 rings (SSSR count). The second-order valence-electron chi connectivity index (χ2n) is 4.44. The Labute approximate surface area is 107 Å². The molecule has 0 bridgehead atoms. The average Bonchev–Trinajstić information content (AvgIpc) is 2.46. The minimum atomic E-state index is 0.0150. The van der Waals surface area contributed by atoms with Gasteiger partial charge in [-0.1, -0.05) is 0 Å². The van der Waals surface area contributed by atoms with Gasteiger partial charge in [0, 0.05) is 25.8 Å². The first-order valence-electron chi connectivity index (χ1n) is 6.07. The maximum atomic E-state index is 12.2. The molecule has 1 aliphatic rings. The smallest absolute Gasteiger partial charge is 0.253 e. The van der Waals surface area contributed by atoms with Crippen LogP contribution in [0.25, 0.3) is 0 Å². The van der Waals surface area contributed by atoms with Crippen LogP contribution in [0.5, 0.6) is 0 Å². The van der Waals surface area contributed by atoms with Gasteiger partial charge in [0.1, 0.15) is 0 Å². The Morgan fingerprint density at radius 3 is 2.78 bits per heavy atom. The lowest BCUT2D eigenvalue weighted by atomic mass is 10.1. The molecule has 1 aliphatic heterocycles. The number of nitriles is 1. The summed E-state index contributed by atoms with van der Waals surface area (Å²) in [5.74, 6) is 0.0150. The summed E-state index contributed by atoms with van der Waals surface area (Å²) in [4.78, 5) is 14.1. The Kier molecular flexibility index (Phi) is 3.96. The summed E-state index contributed by atoms with van der Waals surface area (Å²) in [6, 6.07) is 8.80.